The number of fused-ring (bicyclic) bond motifs is 1. The van der Waals surface area contributed by atoms with Crippen molar-refractivity contribution in [3.05, 3.63) is 99.4 Å². The highest BCUT2D eigenvalue weighted by molar-refractivity contribution is 5.96. The molecule has 0 aliphatic carbocycles. The quantitative estimate of drug-likeness (QED) is 0.391. The lowest BCUT2D eigenvalue weighted by atomic mass is 9.98. The molecule has 0 spiro atoms. The number of non-ortho nitro benzene ring substituents is 1. The van der Waals surface area contributed by atoms with Gasteiger partial charge in [-0.25, -0.2) is 0 Å². The number of nitro benzene ring substituents is 1. The van der Waals surface area contributed by atoms with E-state index in [0.717, 1.165) is 16.8 Å². The Morgan fingerprint density at radius 3 is 2.41 bits per heavy atom. The molecular formula is C26H28N4O4. The summed E-state index contributed by atoms with van der Waals surface area (Å²) in [5, 5.41) is 10.9. The van der Waals surface area contributed by atoms with E-state index in [-0.39, 0.29) is 30.1 Å². The van der Waals surface area contributed by atoms with E-state index in [2.05, 4.69) is 16.7 Å². The number of hydrogen-bond acceptors (Lipinski definition) is 4. The molecule has 2 aromatic carbocycles. The number of hydrogen-bond donors (Lipinski definition) is 0. The maximum absolute atomic E-state index is 13.6. The van der Waals surface area contributed by atoms with E-state index in [1.165, 1.54) is 29.2 Å². The van der Waals surface area contributed by atoms with Crippen molar-refractivity contribution in [3.63, 3.8) is 0 Å². The minimum Gasteiger partial charge on any atom is -0.348 e. The molecule has 0 bridgehead atoms. The molecule has 1 atom stereocenters. The van der Waals surface area contributed by atoms with E-state index >= 15 is 0 Å². The van der Waals surface area contributed by atoms with Crippen LogP contribution in [0.2, 0.25) is 0 Å². The van der Waals surface area contributed by atoms with Crippen molar-refractivity contribution in [1.82, 2.24) is 14.4 Å². The molecule has 0 unspecified atom stereocenters. The summed E-state index contributed by atoms with van der Waals surface area (Å²) in [6.07, 6.45) is 2.72. The molecule has 8 heteroatoms. The highest BCUT2D eigenvalue weighted by atomic mass is 16.6. The van der Waals surface area contributed by atoms with Gasteiger partial charge in [0.25, 0.3) is 11.6 Å². The van der Waals surface area contributed by atoms with Gasteiger partial charge in [-0.3, -0.25) is 19.7 Å². The molecule has 0 radical (unpaired) electrons. The minimum absolute atomic E-state index is 0.0489. The third-order valence-electron chi connectivity index (χ3n) is 6.18. The molecule has 0 saturated carbocycles. The number of aromatic nitrogens is 1. The van der Waals surface area contributed by atoms with Crippen LogP contribution in [0.25, 0.3) is 0 Å². The van der Waals surface area contributed by atoms with Crippen LogP contribution in [-0.2, 0) is 11.3 Å². The van der Waals surface area contributed by atoms with Crippen molar-refractivity contribution in [2.24, 2.45) is 0 Å². The first-order valence-electron chi connectivity index (χ1n) is 11.4. The van der Waals surface area contributed by atoms with Crippen LogP contribution in [0.1, 0.15) is 46.6 Å². The Kier molecular flexibility index (Phi) is 6.77. The molecular weight excluding hydrogens is 432 g/mol. The van der Waals surface area contributed by atoms with Gasteiger partial charge in [0.15, 0.2) is 0 Å². The van der Waals surface area contributed by atoms with Gasteiger partial charge in [0.1, 0.15) is 6.54 Å². The number of aryl methyl sites for hydroxylation is 1. The number of nitro groups is 1. The van der Waals surface area contributed by atoms with Gasteiger partial charge in [-0.05, 0) is 43.2 Å². The first kappa shape index (κ1) is 23.2. The molecule has 0 fully saturated rings. The van der Waals surface area contributed by atoms with E-state index in [0.29, 0.717) is 31.6 Å². The van der Waals surface area contributed by atoms with Crippen molar-refractivity contribution in [2.75, 3.05) is 19.6 Å². The fourth-order valence-corrected chi connectivity index (χ4v) is 4.44. The topological polar surface area (TPSA) is 88.7 Å². The summed E-state index contributed by atoms with van der Waals surface area (Å²) >= 11 is 0. The minimum atomic E-state index is -0.501. The number of benzene rings is 2. The number of rotatable bonds is 7. The Labute approximate surface area is 198 Å². The second-order valence-electron chi connectivity index (χ2n) is 8.56. The predicted molar refractivity (Wildman–Crippen MR) is 128 cm³/mol. The van der Waals surface area contributed by atoms with Crippen LogP contribution in [-0.4, -0.2) is 50.7 Å². The van der Waals surface area contributed by atoms with Crippen molar-refractivity contribution < 1.29 is 14.5 Å². The second kappa shape index (κ2) is 9.91. The molecule has 0 N–H and O–H groups in total. The average molecular weight is 461 g/mol. The zero-order valence-corrected chi connectivity index (χ0v) is 19.4. The van der Waals surface area contributed by atoms with Crippen LogP contribution in [0.4, 0.5) is 5.69 Å². The van der Waals surface area contributed by atoms with Crippen LogP contribution >= 0.6 is 0 Å². The highest BCUT2D eigenvalue weighted by Gasteiger charge is 2.33. The van der Waals surface area contributed by atoms with Gasteiger partial charge >= 0.3 is 0 Å². The SMILES string of the molecule is CCCN(CC(=O)N1CCn2cccc2[C@H]1c1ccc(C)cc1)C(=O)c1ccc([N+](=O)[O-])cc1. The van der Waals surface area contributed by atoms with Gasteiger partial charge in [-0.15, -0.1) is 0 Å². The Bertz CT molecular complexity index is 1180. The summed E-state index contributed by atoms with van der Waals surface area (Å²) < 4.78 is 2.17. The molecule has 1 aliphatic rings. The lowest BCUT2D eigenvalue weighted by Crippen LogP contribution is -2.48. The lowest BCUT2D eigenvalue weighted by Gasteiger charge is -2.38. The van der Waals surface area contributed by atoms with Gasteiger partial charge in [0.2, 0.25) is 5.91 Å². The molecule has 8 nitrogen and oxygen atoms in total. The van der Waals surface area contributed by atoms with Crippen LogP contribution < -0.4 is 0 Å². The van der Waals surface area contributed by atoms with E-state index < -0.39 is 4.92 Å². The van der Waals surface area contributed by atoms with Crippen LogP contribution in [0.3, 0.4) is 0 Å². The molecule has 3 aromatic rings. The number of carbonyl (C=O) groups excluding carboxylic acids is 2. The molecule has 2 heterocycles. The Hall–Kier alpha value is -3.94. The van der Waals surface area contributed by atoms with Crippen molar-refractivity contribution in [3.8, 4) is 0 Å². The Morgan fingerprint density at radius 1 is 1.06 bits per heavy atom. The number of amides is 2. The number of carbonyl (C=O) groups is 2. The van der Waals surface area contributed by atoms with Gasteiger partial charge in [-0.2, -0.15) is 0 Å². The van der Waals surface area contributed by atoms with Crippen molar-refractivity contribution in [1.29, 1.82) is 0 Å². The van der Waals surface area contributed by atoms with Crippen LogP contribution in [0.5, 0.6) is 0 Å². The molecule has 4 rings (SSSR count). The third-order valence-corrected chi connectivity index (χ3v) is 6.18. The first-order chi connectivity index (χ1) is 16.4. The predicted octanol–water partition coefficient (Wildman–Crippen LogP) is 4.19. The van der Waals surface area contributed by atoms with Gasteiger partial charge < -0.3 is 14.4 Å². The molecule has 1 aliphatic heterocycles. The summed E-state index contributed by atoms with van der Waals surface area (Å²) in [5.41, 5.74) is 3.48. The molecule has 1 aromatic heterocycles. The third kappa shape index (κ3) is 4.71. The average Bonchev–Trinajstić information content (AvgIpc) is 3.32. The second-order valence-corrected chi connectivity index (χ2v) is 8.56. The summed E-state index contributed by atoms with van der Waals surface area (Å²) in [7, 11) is 0. The van der Waals surface area contributed by atoms with Crippen LogP contribution in [0.15, 0.2) is 66.9 Å². The summed E-state index contributed by atoms with van der Waals surface area (Å²) in [6.45, 7) is 5.59. The smallest absolute Gasteiger partial charge is 0.269 e. The monoisotopic (exact) mass is 460 g/mol. The maximum Gasteiger partial charge on any atom is 0.269 e. The Balaban J connectivity index is 1.58. The van der Waals surface area contributed by atoms with E-state index in [1.54, 1.807) is 0 Å². The van der Waals surface area contributed by atoms with Crippen molar-refractivity contribution >= 4 is 17.5 Å². The zero-order chi connectivity index (χ0) is 24.2. The van der Waals surface area contributed by atoms with Gasteiger partial charge in [0.05, 0.1) is 11.0 Å². The normalized spacial score (nSPS) is 15.0. The maximum atomic E-state index is 13.6. The van der Waals surface area contributed by atoms with E-state index in [9.17, 15) is 19.7 Å². The fourth-order valence-electron chi connectivity index (χ4n) is 4.44. The molecule has 34 heavy (non-hydrogen) atoms. The lowest BCUT2D eigenvalue weighted by molar-refractivity contribution is -0.384. The molecule has 0 saturated heterocycles. The van der Waals surface area contributed by atoms with Crippen molar-refractivity contribution in [2.45, 2.75) is 32.9 Å². The van der Waals surface area contributed by atoms with E-state index in [1.807, 2.05) is 49.2 Å². The number of nitrogens with zero attached hydrogens (tertiary/aromatic N) is 4. The van der Waals surface area contributed by atoms with Gasteiger partial charge in [0, 0.05) is 49.2 Å². The summed E-state index contributed by atoms with van der Waals surface area (Å²) in [4.78, 5) is 40.6. The zero-order valence-electron chi connectivity index (χ0n) is 19.4. The van der Waals surface area contributed by atoms with Gasteiger partial charge in [-0.1, -0.05) is 36.8 Å². The first-order valence-corrected chi connectivity index (χ1v) is 11.4. The standard InChI is InChI=1S/C26H28N4O4/c1-3-14-28(26(32)21-10-12-22(13-11-21)30(33)34)18-24(31)29-17-16-27-15-4-5-23(27)25(29)20-8-6-19(2)7-9-20/h4-13,15,25H,3,14,16-18H2,1-2H3/t25-/m1/s1. The fraction of sp³-hybridized carbons (Fsp3) is 0.308. The largest absolute Gasteiger partial charge is 0.348 e. The highest BCUT2D eigenvalue weighted by Crippen LogP contribution is 2.32. The Morgan fingerprint density at radius 2 is 1.76 bits per heavy atom. The summed E-state index contributed by atoms with van der Waals surface area (Å²) in [5.74, 6) is -0.431. The molecule has 176 valence electrons. The van der Waals surface area contributed by atoms with Crippen LogP contribution in [0, 0.1) is 17.0 Å². The molecule has 2 amide bonds. The van der Waals surface area contributed by atoms with E-state index in [4.69, 9.17) is 0 Å². The summed E-state index contributed by atoms with van der Waals surface area (Å²) in [6, 6.07) is 17.5.